The van der Waals surface area contributed by atoms with E-state index >= 15 is 0 Å². The van der Waals surface area contributed by atoms with Crippen LogP contribution in [0.5, 0.6) is 11.5 Å². The summed E-state index contributed by atoms with van der Waals surface area (Å²) < 4.78 is 39.4. The topological polar surface area (TPSA) is 93.7 Å². The van der Waals surface area contributed by atoms with Gasteiger partial charge in [0, 0.05) is 17.3 Å². The van der Waals surface area contributed by atoms with E-state index in [2.05, 4.69) is 10.0 Å². The quantitative estimate of drug-likeness (QED) is 0.562. The van der Waals surface area contributed by atoms with Crippen LogP contribution in [0.25, 0.3) is 0 Å². The number of hydrogen-bond donors (Lipinski definition) is 2. The van der Waals surface area contributed by atoms with Gasteiger partial charge in [0.1, 0.15) is 0 Å². The summed E-state index contributed by atoms with van der Waals surface area (Å²) in [6, 6.07) is 11.1. The van der Waals surface area contributed by atoms with Crippen LogP contribution < -0.4 is 19.5 Å². The van der Waals surface area contributed by atoms with Crippen LogP contribution in [0.15, 0.2) is 47.4 Å². The van der Waals surface area contributed by atoms with Crippen molar-refractivity contribution in [2.75, 3.05) is 19.0 Å². The van der Waals surface area contributed by atoms with Gasteiger partial charge in [-0.25, -0.2) is 13.1 Å². The van der Waals surface area contributed by atoms with Crippen molar-refractivity contribution in [3.63, 3.8) is 0 Å². The van der Waals surface area contributed by atoms with Gasteiger partial charge < -0.3 is 14.8 Å². The molecule has 2 fully saturated rings. The molecule has 2 saturated carbocycles. The molecule has 2 bridgehead atoms. The molecule has 0 spiro atoms. The molecule has 7 nitrogen and oxygen atoms in total. The molecule has 2 aliphatic carbocycles. The zero-order chi connectivity index (χ0) is 23.6. The Morgan fingerprint density at radius 2 is 1.85 bits per heavy atom. The van der Waals surface area contributed by atoms with Crippen LogP contribution in [0, 0.1) is 17.8 Å². The Kier molecular flexibility index (Phi) is 6.95. The van der Waals surface area contributed by atoms with Gasteiger partial charge in [-0.05, 0) is 93.3 Å². The van der Waals surface area contributed by atoms with E-state index in [0.29, 0.717) is 41.2 Å². The number of amides is 1. The first-order valence-electron chi connectivity index (χ1n) is 11.5. The van der Waals surface area contributed by atoms with Gasteiger partial charge in [0.2, 0.25) is 10.0 Å². The van der Waals surface area contributed by atoms with Crippen molar-refractivity contribution in [1.29, 1.82) is 0 Å². The second kappa shape index (κ2) is 9.73. The molecule has 2 aromatic carbocycles. The van der Waals surface area contributed by atoms with Gasteiger partial charge in [0.15, 0.2) is 11.5 Å². The standard InChI is InChI=1S/C25H32N2O5S/c1-4-32-24-15-19(7-12-23(24)31-3)25(28)26-20-8-10-21(11-9-20)33(29,30)27-16(2)22-14-17-5-6-18(22)13-17/h7-12,15-18,22,27H,4-6,13-14H2,1-3H3,(H,26,28)/t16-,17+,18+,22-/m0/s1. The molecule has 0 saturated heterocycles. The van der Waals surface area contributed by atoms with Gasteiger partial charge in [-0.15, -0.1) is 0 Å². The second-order valence-corrected chi connectivity index (χ2v) is 10.7. The minimum Gasteiger partial charge on any atom is -0.493 e. The first-order chi connectivity index (χ1) is 15.8. The lowest BCUT2D eigenvalue weighted by atomic mass is 9.84. The van der Waals surface area contributed by atoms with Gasteiger partial charge in [-0.2, -0.15) is 0 Å². The van der Waals surface area contributed by atoms with Gasteiger partial charge in [0.25, 0.3) is 5.91 Å². The van der Waals surface area contributed by atoms with E-state index in [1.54, 1.807) is 37.4 Å². The third kappa shape index (κ3) is 5.17. The second-order valence-electron chi connectivity index (χ2n) is 9.03. The predicted molar refractivity (Wildman–Crippen MR) is 127 cm³/mol. The molecule has 33 heavy (non-hydrogen) atoms. The summed E-state index contributed by atoms with van der Waals surface area (Å²) in [5.74, 6) is 2.55. The summed E-state index contributed by atoms with van der Waals surface area (Å²) >= 11 is 0. The van der Waals surface area contributed by atoms with E-state index in [4.69, 9.17) is 9.47 Å². The number of rotatable bonds is 9. The first kappa shape index (κ1) is 23.6. The lowest BCUT2D eigenvalue weighted by Crippen LogP contribution is -2.40. The molecule has 0 aliphatic heterocycles. The number of ether oxygens (including phenoxy) is 2. The number of sulfonamides is 1. The van der Waals surface area contributed by atoms with E-state index in [0.717, 1.165) is 12.3 Å². The summed E-state index contributed by atoms with van der Waals surface area (Å²) in [5.41, 5.74) is 0.922. The van der Waals surface area contributed by atoms with Crippen LogP contribution in [0.1, 0.15) is 49.9 Å². The van der Waals surface area contributed by atoms with Crippen LogP contribution in [-0.2, 0) is 10.0 Å². The number of nitrogens with one attached hydrogen (secondary N) is 2. The van der Waals surface area contributed by atoms with Crippen LogP contribution in [0.3, 0.4) is 0 Å². The van der Waals surface area contributed by atoms with Crippen molar-refractivity contribution in [3.8, 4) is 11.5 Å². The van der Waals surface area contributed by atoms with Crippen molar-refractivity contribution < 1.29 is 22.7 Å². The van der Waals surface area contributed by atoms with E-state index in [9.17, 15) is 13.2 Å². The van der Waals surface area contributed by atoms with Crippen molar-refractivity contribution in [3.05, 3.63) is 48.0 Å². The number of hydrogen-bond acceptors (Lipinski definition) is 5. The van der Waals surface area contributed by atoms with Gasteiger partial charge in [-0.1, -0.05) is 6.42 Å². The van der Waals surface area contributed by atoms with Crippen molar-refractivity contribution in [2.24, 2.45) is 17.8 Å². The molecule has 178 valence electrons. The molecule has 4 rings (SSSR count). The van der Waals surface area contributed by atoms with Crippen LogP contribution in [0.2, 0.25) is 0 Å². The molecule has 0 radical (unpaired) electrons. The number of carbonyl (C=O) groups excluding carboxylic acids is 1. The number of benzene rings is 2. The number of carbonyl (C=O) groups is 1. The summed E-state index contributed by atoms with van der Waals surface area (Å²) in [5, 5.41) is 2.80. The van der Waals surface area contributed by atoms with Crippen LogP contribution >= 0.6 is 0 Å². The highest BCUT2D eigenvalue weighted by Crippen LogP contribution is 2.49. The zero-order valence-electron chi connectivity index (χ0n) is 19.3. The lowest BCUT2D eigenvalue weighted by molar-refractivity contribution is 0.102. The largest absolute Gasteiger partial charge is 0.493 e. The van der Waals surface area contributed by atoms with Crippen LogP contribution in [0.4, 0.5) is 5.69 Å². The minimum atomic E-state index is -3.62. The fourth-order valence-electron chi connectivity index (χ4n) is 5.31. The molecule has 2 N–H and O–H groups in total. The van der Waals surface area contributed by atoms with Crippen molar-refractivity contribution in [1.82, 2.24) is 4.72 Å². The highest BCUT2D eigenvalue weighted by atomic mass is 32.2. The summed E-state index contributed by atoms with van der Waals surface area (Å²) in [4.78, 5) is 12.9. The van der Waals surface area contributed by atoms with Gasteiger partial charge >= 0.3 is 0 Å². The highest BCUT2D eigenvalue weighted by molar-refractivity contribution is 7.89. The van der Waals surface area contributed by atoms with Gasteiger partial charge in [-0.3, -0.25) is 4.79 Å². The normalized spacial score (nSPS) is 22.7. The number of methoxy groups -OCH3 is 1. The SMILES string of the molecule is CCOc1cc(C(=O)Nc2ccc(S(=O)(=O)N[C@@H](C)[C@@H]3C[C@@H]4CC[C@@H]3C4)cc2)ccc1OC. The first-order valence-corrected chi connectivity index (χ1v) is 13.0. The average Bonchev–Trinajstić information content (AvgIpc) is 3.43. The zero-order valence-corrected chi connectivity index (χ0v) is 20.2. The Labute approximate surface area is 195 Å². The third-order valence-corrected chi connectivity index (χ3v) is 8.50. The molecule has 2 aromatic rings. The Hall–Kier alpha value is -2.58. The molecule has 1 amide bonds. The maximum Gasteiger partial charge on any atom is 0.255 e. The fourth-order valence-corrected chi connectivity index (χ4v) is 6.61. The van der Waals surface area contributed by atoms with Gasteiger partial charge in [0.05, 0.1) is 18.6 Å². The van der Waals surface area contributed by atoms with E-state index in [1.807, 2.05) is 13.8 Å². The predicted octanol–water partition coefficient (Wildman–Crippen LogP) is 4.45. The summed E-state index contributed by atoms with van der Waals surface area (Å²) in [6.45, 7) is 4.28. The Morgan fingerprint density at radius 3 is 2.45 bits per heavy atom. The molecule has 0 aromatic heterocycles. The monoisotopic (exact) mass is 472 g/mol. The van der Waals surface area contributed by atoms with Crippen molar-refractivity contribution in [2.45, 2.75) is 50.5 Å². The average molecular weight is 473 g/mol. The Bertz CT molecular complexity index is 1100. The molecular weight excluding hydrogens is 440 g/mol. The molecule has 0 unspecified atom stereocenters. The molecule has 2 aliphatic rings. The third-order valence-electron chi connectivity index (χ3n) is 6.92. The Balaban J connectivity index is 1.40. The smallest absolute Gasteiger partial charge is 0.255 e. The van der Waals surface area contributed by atoms with E-state index in [-0.39, 0.29) is 16.8 Å². The number of fused-ring (bicyclic) bond motifs is 2. The molecule has 8 heteroatoms. The Morgan fingerprint density at radius 1 is 1.09 bits per heavy atom. The van der Waals surface area contributed by atoms with E-state index in [1.165, 1.54) is 31.4 Å². The van der Waals surface area contributed by atoms with Crippen molar-refractivity contribution >= 4 is 21.6 Å². The number of anilines is 1. The fraction of sp³-hybridized carbons (Fsp3) is 0.480. The molecule has 0 heterocycles. The highest BCUT2D eigenvalue weighted by Gasteiger charge is 2.42. The van der Waals surface area contributed by atoms with E-state index < -0.39 is 10.0 Å². The summed E-state index contributed by atoms with van der Waals surface area (Å²) in [7, 11) is -2.08. The molecule has 4 atom stereocenters. The lowest BCUT2D eigenvalue weighted by Gasteiger charge is -2.28. The maximum absolute atomic E-state index is 12.9. The van der Waals surface area contributed by atoms with Crippen LogP contribution in [-0.4, -0.2) is 34.1 Å². The summed E-state index contributed by atoms with van der Waals surface area (Å²) in [6.07, 6.45) is 4.87. The molecular formula is C25H32N2O5S. The maximum atomic E-state index is 12.9. The minimum absolute atomic E-state index is 0.0840.